The van der Waals surface area contributed by atoms with Gasteiger partial charge in [0.1, 0.15) is 6.04 Å². The van der Waals surface area contributed by atoms with E-state index in [0.29, 0.717) is 12.5 Å². The topological polar surface area (TPSA) is 70.2 Å². The predicted octanol–water partition coefficient (Wildman–Crippen LogP) is 0.263. The first-order chi connectivity index (χ1) is 8.49. The van der Waals surface area contributed by atoms with Crippen molar-refractivity contribution in [2.45, 2.75) is 39.7 Å². The van der Waals surface area contributed by atoms with E-state index in [1.807, 2.05) is 13.8 Å². The monoisotopic (exact) mass is 255 g/mol. The van der Waals surface area contributed by atoms with E-state index >= 15 is 0 Å². The van der Waals surface area contributed by atoms with Crippen LogP contribution in [0, 0.1) is 11.8 Å². The highest BCUT2D eigenvalue weighted by Gasteiger charge is 2.21. The minimum atomic E-state index is -0.473. The SMILES string of the molecule is CC(C)CNC(=O)C(C)NC(=O)CNCC1CC1. The first-order valence-electron chi connectivity index (χ1n) is 6.76. The molecule has 1 unspecified atom stereocenters. The van der Waals surface area contributed by atoms with Gasteiger partial charge in [0.2, 0.25) is 11.8 Å². The second-order valence-electron chi connectivity index (χ2n) is 5.50. The second kappa shape index (κ2) is 7.36. The van der Waals surface area contributed by atoms with Gasteiger partial charge in [-0.3, -0.25) is 9.59 Å². The Bertz CT molecular complexity index is 288. The molecule has 0 heterocycles. The molecule has 1 rings (SSSR count). The van der Waals surface area contributed by atoms with E-state index < -0.39 is 6.04 Å². The predicted molar refractivity (Wildman–Crippen MR) is 71.0 cm³/mol. The van der Waals surface area contributed by atoms with Gasteiger partial charge in [-0.1, -0.05) is 13.8 Å². The number of nitrogens with one attached hydrogen (secondary N) is 3. The molecule has 1 fully saturated rings. The van der Waals surface area contributed by atoms with Crippen LogP contribution in [0.2, 0.25) is 0 Å². The summed E-state index contributed by atoms with van der Waals surface area (Å²) >= 11 is 0. The van der Waals surface area contributed by atoms with Gasteiger partial charge in [-0.05, 0) is 38.1 Å². The van der Waals surface area contributed by atoms with E-state index in [1.54, 1.807) is 6.92 Å². The fraction of sp³-hybridized carbons (Fsp3) is 0.846. The summed E-state index contributed by atoms with van der Waals surface area (Å²) in [6.45, 7) is 7.60. The molecule has 1 aliphatic rings. The highest BCUT2D eigenvalue weighted by atomic mass is 16.2. The molecule has 0 bridgehead atoms. The first kappa shape index (κ1) is 15.0. The zero-order valence-electron chi connectivity index (χ0n) is 11.6. The van der Waals surface area contributed by atoms with Crippen LogP contribution in [-0.2, 0) is 9.59 Å². The van der Waals surface area contributed by atoms with Crippen molar-refractivity contribution in [1.29, 1.82) is 0 Å². The summed E-state index contributed by atoms with van der Waals surface area (Å²) in [6, 6.07) is -0.473. The molecule has 5 heteroatoms. The minimum absolute atomic E-state index is 0.122. The van der Waals surface area contributed by atoms with E-state index in [-0.39, 0.29) is 18.4 Å². The van der Waals surface area contributed by atoms with Gasteiger partial charge in [-0.25, -0.2) is 0 Å². The summed E-state index contributed by atoms with van der Waals surface area (Å²) in [5, 5.41) is 8.58. The maximum Gasteiger partial charge on any atom is 0.242 e. The van der Waals surface area contributed by atoms with Crippen LogP contribution in [0.4, 0.5) is 0 Å². The Balaban J connectivity index is 2.10. The fourth-order valence-corrected chi connectivity index (χ4v) is 1.53. The quantitative estimate of drug-likeness (QED) is 0.583. The Morgan fingerprint density at radius 3 is 2.44 bits per heavy atom. The van der Waals surface area contributed by atoms with E-state index in [9.17, 15) is 9.59 Å². The van der Waals surface area contributed by atoms with Crippen LogP contribution in [-0.4, -0.2) is 37.5 Å². The van der Waals surface area contributed by atoms with E-state index in [1.165, 1.54) is 12.8 Å². The minimum Gasteiger partial charge on any atom is -0.354 e. The maximum atomic E-state index is 11.6. The molecule has 0 aromatic heterocycles. The zero-order valence-corrected chi connectivity index (χ0v) is 11.6. The molecule has 1 atom stereocenters. The third kappa shape index (κ3) is 6.59. The Labute approximate surface area is 109 Å². The van der Waals surface area contributed by atoms with Crippen LogP contribution < -0.4 is 16.0 Å². The second-order valence-corrected chi connectivity index (χ2v) is 5.50. The largest absolute Gasteiger partial charge is 0.354 e. The van der Waals surface area contributed by atoms with Crippen LogP contribution in [0.15, 0.2) is 0 Å². The molecule has 1 saturated carbocycles. The molecule has 18 heavy (non-hydrogen) atoms. The molecule has 0 saturated heterocycles. The van der Waals surface area contributed by atoms with Gasteiger partial charge in [0, 0.05) is 6.54 Å². The lowest BCUT2D eigenvalue weighted by Gasteiger charge is -2.15. The summed E-state index contributed by atoms with van der Waals surface area (Å²) in [7, 11) is 0. The van der Waals surface area contributed by atoms with Crippen molar-refractivity contribution in [2.75, 3.05) is 19.6 Å². The zero-order chi connectivity index (χ0) is 13.5. The highest BCUT2D eigenvalue weighted by molar-refractivity contribution is 5.87. The Morgan fingerprint density at radius 2 is 1.89 bits per heavy atom. The maximum absolute atomic E-state index is 11.6. The standard InChI is InChI=1S/C13H25N3O2/c1-9(2)6-15-13(18)10(3)16-12(17)8-14-7-11-4-5-11/h9-11,14H,4-8H2,1-3H3,(H,15,18)(H,16,17). The van der Waals surface area contributed by atoms with E-state index in [4.69, 9.17) is 0 Å². The molecule has 0 aliphatic heterocycles. The van der Waals surface area contributed by atoms with Gasteiger partial charge in [0.15, 0.2) is 0 Å². The van der Waals surface area contributed by atoms with Crippen molar-refractivity contribution in [1.82, 2.24) is 16.0 Å². The number of hydrogen-bond donors (Lipinski definition) is 3. The molecule has 0 aromatic rings. The van der Waals surface area contributed by atoms with Crippen molar-refractivity contribution >= 4 is 11.8 Å². The van der Waals surface area contributed by atoms with Crippen molar-refractivity contribution in [2.24, 2.45) is 11.8 Å². The van der Waals surface area contributed by atoms with Crippen molar-refractivity contribution in [3.05, 3.63) is 0 Å². The molecule has 104 valence electrons. The number of carbonyl (C=O) groups excluding carboxylic acids is 2. The lowest BCUT2D eigenvalue weighted by molar-refractivity contribution is -0.128. The lowest BCUT2D eigenvalue weighted by Crippen LogP contribution is -2.48. The van der Waals surface area contributed by atoms with E-state index in [0.717, 1.165) is 12.5 Å². The lowest BCUT2D eigenvalue weighted by atomic mass is 10.2. The summed E-state index contributed by atoms with van der Waals surface area (Å²) in [5.41, 5.74) is 0. The van der Waals surface area contributed by atoms with Crippen molar-refractivity contribution in [3.8, 4) is 0 Å². The number of amides is 2. The van der Waals surface area contributed by atoms with Gasteiger partial charge >= 0.3 is 0 Å². The van der Waals surface area contributed by atoms with Crippen molar-refractivity contribution < 1.29 is 9.59 Å². The molecular weight excluding hydrogens is 230 g/mol. The van der Waals surface area contributed by atoms with Gasteiger partial charge in [0.25, 0.3) is 0 Å². The third-order valence-electron chi connectivity index (χ3n) is 2.87. The summed E-state index contributed by atoms with van der Waals surface area (Å²) in [5.74, 6) is 0.920. The summed E-state index contributed by atoms with van der Waals surface area (Å²) in [4.78, 5) is 23.2. The number of carbonyl (C=O) groups is 2. The molecule has 3 N–H and O–H groups in total. The van der Waals surface area contributed by atoms with Gasteiger partial charge in [0.05, 0.1) is 6.54 Å². The number of hydrogen-bond acceptors (Lipinski definition) is 3. The Morgan fingerprint density at radius 1 is 1.22 bits per heavy atom. The van der Waals surface area contributed by atoms with Gasteiger partial charge in [-0.2, -0.15) is 0 Å². The Kier molecular flexibility index (Phi) is 6.12. The highest BCUT2D eigenvalue weighted by Crippen LogP contribution is 2.27. The van der Waals surface area contributed by atoms with Gasteiger partial charge in [-0.15, -0.1) is 0 Å². The van der Waals surface area contributed by atoms with Crippen LogP contribution in [0.1, 0.15) is 33.6 Å². The molecule has 2 amide bonds. The summed E-state index contributed by atoms with van der Waals surface area (Å²) < 4.78 is 0. The third-order valence-corrected chi connectivity index (χ3v) is 2.87. The van der Waals surface area contributed by atoms with Gasteiger partial charge < -0.3 is 16.0 Å². The average Bonchev–Trinajstić information content (AvgIpc) is 3.09. The fourth-order valence-electron chi connectivity index (χ4n) is 1.53. The first-order valence-corrected chi connectivity index (χ1v) is 6.76. The molecule has 0 spiro atoms. The summed E-state index contributed by atoms with van der Waals surface area (Å²) in [6.07, 6.45) is 2.53. The molecule has 1 aliphatic carbocycles. The molecule has 0 radical (unpaired) electrons. The molecule has 5 nitrogen and oxygen atoms in total. The van der Waals surface area contributed by atoms with Crippen LogP contribution in [0.3, 0.4) is 0 Å². The van der Waals surface area contributed by atoms with Crippen LogP contribution >= 0.6 is 0 Å². The average molecular weight is 255 g/mol. The van der Waals surface area contributed by atoms with Crippen molar-refractivity contribution in [3.63, 3.8) is 0 Å². The normalized spacial score (nSPS) is 16.4. The number of rotatable bonds is 8. The molecular formula is C13H25N3O2. The van der Waals surface area contributed by atoms with Crippen LogP contribution in [0.5, 0.6) is 0 Å². The van der Waals surface area contributed by atoms with Crippen LogP contribution in [0.25, 0.3) is 0 Å². The van der Waals surface area contributed by atoms with E-state index in [2.05, 4.69) is 16.0 Å². The molecule has 0 aromatic carbocycles. The Hall–Kier alpha value is -1.10. The smallest absolute Gasteiger partial charge is 0.242 e.